The third-order valence-corrected chi connectivity index (χ3v) is 3.06. The van der Waals surface area contributed by atoms with Crippen LogP contribution in [-0.4, -0.2) is 0 Å². The average Bonchev–Trinajstić information content (AvgIpc) is 2.47. The zero-order valence-corrected chi connectivity index (χ0v) is 9.30. The topological polar surface area (TPSA) is 0 Å². The fraction of sp³-hybridized carbons (Fsp3) is 0.429. The van der Waals surface area contributed by atoms with E-state index >= 15 is 0 Å². The van der Waals surface area contributed by atoms with Crippen LogP contribution in [0.3, 0.4) is 0 Å². The van der Waals surface area contributed by atoms with Gasteiger partial charge in [-0.3, -0.25) is 0 Å². The molecule has 0 atom stereocenters. The first-order valence-corrected chi connectivity index (χ1v) is 5.33. The molecule has 0 fully saturated rings. The largest absolute Gasteiger partial charge is 0.0801 e. The lowest BCUT2D eigenvalue weighted by Gasteiger charge is -2.17. The Balaban J connectivity index is 2.30. The summed E-state index contributed by atoms with van der Waals surface area (Å²) in [6.07, 6.45) is 4.84. The molecule has 2 rings (SSSR count). The molecule has 0 nitrogen and oxygen atoms in total. The minimum atomic E-state index is 0.470. The fourth-order valence-corrected chi connectivity index (χ4v) is 2.20. The maximum atomic E-state index is 2.41. The van der Waals surface area contributed by atoms with Gasteiger partial charge in [0.2, 0.25) is 0 Å². The second-order valence-electron chi connectivity index (χ2n) is 5.09. The molecule has 1 aliphatic carbocycles. The number of benzene rings is 1. The molecule has 0 spiro atoms. The third kappa shape index (κ3) is 1.75. The molecule has 0 aliphatic heterocycles. The van der Waals surface area contributed by atoms with Crippen molar-refractivity contribution in [2.75, 3.05) is 0 Å². The van der Waals surface area contributed by atoms with E-state index < -0.39 is 0 Å². The molecule has 0 amide bonds. The molecular weight excluding hydrogens is 168 g/mol. The average molecular weight is 186 g/mol. The van der Waals surface area contributed by atoms with Crippen LogP contribution < -0.4 is 0 Å². The molecule has 1 aliphatic rings. The van der Waals surface area contributed by atoms with Gasteiger partial charge in [0.15, 0.2) is 0 Å². The minimum Gasteiger partial charge on any atom is -0.0801 e. The van der Waals surface area contributed by atoms with Gasteiger partial charge in [-0.15, -0.1) is 0 Å². The second kappa shape index (κ2) is 3.27. The van der Waals surface area contributed by atoms with Crippen molar-refractivity contribution in [3.63, 3.8) is 0 Å². The molecule has 0 N–H and O–H groups in total. The van der Waals surface area contributed by atoms with Crippen molar-refractivity contribution in [2.24, 2.45) is 5.41 Å². The number of hydrogen-bond acceptors (Lipinski definition) is 0. The first-order valence-electron chi connectivity index (χ1n) is 5.33. The van der Waals surface area contributed by atoms with Crippen LogP contribution in [0.1, 0.15) is 37.8 Å². The van der Waals surface area contributed by atoms with E-state index in [1.807, 2.05) is 0 Å². The van der Waals surface area contributed by atoms with Crippen LogP contribution >= 0.6 is 0 Å². The van der Waals surface area contributed by atoms with Crippen LogP contribution in [0, 0.1) is 12.3 Å². The zero-order valence-electron chi connectivity index (χ0n) is 9.30. The van der Waals surface area contributed by atoms with Crippen LogP contribution in [0.4, 0.5) is 0 Å². The van der Waals surface area contributed by atoms with E-state index in [9.17, 15) is 0 Å². The van der Waals surface area contributed by atoms with Gasteiger partial charge in [-0.1, -0.05) is 44.2 Å². The van der Waals surface area contributed by atoms with Crippen molar-refractivity contribution in [2.45, 2.75) is 33.6 Å². The lowest BCUT2D eigenvalue weighted by atomic mass is 9.88. The Labute approximate surface area is 86.7 Å². The van der Waals surface area contributed by atoms with Crippen molar-refractivity contribution in [3.8, 4) is 0 Å². The van der Waals surface area contributed by atoms with E-state index in [-0.39, 0.29) is 0 Å². The first kappa shape index (κ1) is 9.51. The monoisotopic (exact) mass is 186 g/mol. The molecule has 0 saturated heterocycles. The van der Waals surface area contributed by atoms with Crippen molar-refractivity contribution in [3.05, 3.63) is 41.5 Å². The predicted octanol–water partition coefficient (Wildman–Crippen LogP) is 4.20. The number of rotatable bonds is 1. The van der Waals surface area contributed by atoms with Gasteiger partial charge in [-0.25, -0.2) is 0 Å². The quantitative estimate of drug-likeness (QED) is 0.616. The highest BCUT2D eigenvalue weighted by Crippen LogP contribution is 2.41. The van der Waals surface area contributed by atoms with Crippen molar-refractivity contribution in [1.82, 2.24) is 0 Å². The summed E-state index contributed by atoms with van der Waals surface area (Å²) in [5.74, 6) is 0. The van der Waals surface area contributed by atoms with Crippen LogP contribution in [0.15, 0.2) is 30.3 Å². The lowest BCUT2D eigenvalue weighted by molar-refractivity contribution is 0.403. The van der Waals surface area contributed by atoms with Crippen molar-refractivity contribution < 1.29 is 0 Å². The summed E-state index contributed by atoms with van der Waals surface area (Å²) in [4.78, 5) is 0. The summed E-state index contributed by atoms with van der Waals surface area (Å²) in [5.41, 5.74) is 4.85. The summed E-state index contributed by atoms with van der Waals surface area (Å²) in [7, 11) is 0. The lowest BCUT2D eigenvalue weighted by Crippen LogP contribution is -2.04. The zero-order chi connectivity index (χ0) is 10.2. The van der Waals surface area contributed by atoms with Gasteiger partial charge >= 0.3 is 0 Å². The highest BCUT2D eigenvalue weighted by Gasteiger charge is 2.25. The summed E-state index contributed by atoms with van der Waals surface area (Å²) in [6.45, 7) is 6.88. The van der Waals surface area contributed by atoms with E-state index in [4.69, 9.17) is 0 Å². The smallest absolute Gasteiger partial charge is 0.0198 e. The van der Waals surface area contributed by atoms with Crippen LogP contribution in [0.25, 0.3) is 5.57 Å². The first-order chi connectivity index (χ1) is 6.58. The molecule has 0 bridgehead atoms. The van der Waals surface area contributed by atoms with E-state index in [1.165, 1.54) is 29.5 Å². The molecule has 1 aromatic rings. The highest BCUT2D eigenvalue weighted by atomic mass is 14.3. The Kier molecular flexibility index (Phi) is 2.22. The van der Waals surface area contributed by atoms with Gasteiger partial charge in [0.1, 0.15) is 0 Å². The number of allylic oxidation sites excluding steroid dienone is 2. The Bertz CT molecular complexity index is 369. The number of hydrogen-bond donors (Lipinski definition) is 0. The molecular formula is C14H18. The maximum Gasteiger partial charge on any atom is -0.0198 e. The highest BCUT2D eigenvalue weighted by molar-refractivity contribution is 5.70. The van der Waals surface area contributed by atoms with Crippen molar-refractivity contribution in [1.29, 1.82) is 0 Å². The van der Waals surface area contributed by atoms with Crippen LogP contribution in [0.2, 0.25) is 0 Å². The fourth-order valence-electron chi connectivity index (χ4n) is 2.20. The number of aryl methyl sites for hydroxylation is 1. The predicted molar refractivity (Wildman–Crippen MR) is 62.2 cm³/mol. The van der Waals surface area contributed by atoms with E-state index in [0.29, 0.717) is 5.41 Å². The molecule has 0 unspecified atom stereocenters. The van der Waals surface area contributed by atoms with Crippen molar-refractivity contribution >= 4 is 5.57 Å². The van der Waals surface area contributed by atoms with Gasteiger partial charge in [-0.05, 0) is 41.9 Å². The molecule has 0 aromatic heterocycles. The Morgan fingerprint density at radius 3 is 2.43 bits per heavy atom. The molecule has 0 heteroatoms. The Hall–Kier alpha value is -1.04. The summed E-state index contributed by atoms with van der Waals surface area (Å²) in [5, 5.41) is 0. The van der Waals surface area contributed by atoms with Gasteiger partial charge in [0.25, 0.3) is 0 Å². The van der Waals surface area contributed by atoms with Crippen LogP contribution in [0.5, 0.6) is 0 Å². The SMILES string of the molecule is Cc1ccccc1C1=CCC(C)(C)C1. The molecule has 14 heavy (non-hydrogen) atoms. The minimum absolute atomic E-state index is 0.470. The van der Waals surface area contributed by atoms with E-state index in [1.54, 1.807) is 0 Å². The van der Waals surface area contributed by atoms with Gasteiger partial charge in [0.05, 0.1) is 0 Å². The Morgan fingerprint density at radius 1 is 1.14 bits per heavy atom. The second-order valence-corrected chi connectivity index (χ2v) is 5.09. The van der Waals surface area contributed by atoms with E-state index in [0.717, 1.165) is 0 Å². The molecule has 74 valence electrons. The Morgan fingerprint density at radius 2 is 1.86 bits per heavy atom. The van der Waals surface area contributed by atoms with Gasteiger partial charge < -0.3 is 0 Å². The molecule has 0 heterocycles. The standard InChI is InChI=1S/C14H18/c1-11-6-4-5-7-13(11)12-8-9-14(2,3)10-12/h4-8H,9-10H2,1-3H3. The summed E-state index contributed by atoms with van der Waals surface area (Å²) < 4.78 is 0. The maximum absolute atomic E-state index is 2.41. The van der Waals surface area contributed by atoms with Gasteiger partial charge in [-0.2, -0.15) is 0 Å². The summed E-state index contributed by atoms with van der Waals surface area (Å²) >= 11 is 0. The third-order valence-electron chi connectivity index (χ3n) is 3.06. The summed E-state index contributed by atoms with van der Waals surface area (Å²) in [6, 6.07) is 8.68. The van der Waals surface area contributed by atoms with Crippen LogP contribution in [-0.2, 0) is 0 Å². The molecule has 1 aromatic carbocycles. The van der Waals surface area contributed by atoms with Gasteiger partial charge in [0, 0.05) is 0 Å². The van der Waals surface area contributed by atoms with E-state index in [2.05, 4.69) is 51.1 Å². The normalized spacial score (nSPS) is 19.5. The molecule has 0 radical (unpaired) electrons. The molecule has 0 saturated carbocycles.